The Hall–Kier alpha value is -2.37. The molecule has 1 aromatic rings. The lowest BCUT2D eigenvalue weighted by atomic mass is 10.3. The number of hydrogen-bond donors (Lipinski definition) is 3. The van der Waals surface area contributed by atoms with Crippen LogP contribution in [0, 0.1) is 0 Å². The molecule has 0 aromatic carbocycles. The number of hydrogen-bond acceptors (Lipinski definition) is 3. The number of rotatable bonds is 6. The number of urea groups is 1. The van der Waals surface area contributed by atoms with Gasteiger partial charge < -0.3 is 10.4 Å². The van der Waals surface area contributed by atoms with Gasteiger partial charge >= 0.3 is 12.0 Å². The van der Waals surface area contributed by atoms with Crippen molar-refractivity contribution in [1.82, 2.24) is 10.3 Å². The molecule has 1 rings (SSSR count). The van der Waals surface area contributed by atoms with Crippen molar-refractivity contribution in [3.8, 4) is 0 Å². The van der Waals surface area contributed by atoms with Gasteiger partial charge in [0.05, 0.1) is 5.69 Å². The van der Waals surface area contributed by atoms with E-state index in [4.69, 9.17) is 5.11 Å². The SMILES string of the molecule is CCCCNC(=O)Nc1cccc(C=CC(=O)O)n1. The average molecular weight is 263 g/mol. The standard InChI is InChI=1S/C13H17N3O3/c1-2-3-9-14-13(19)16-11-6-4-5-10(15-11)7-8-12(17)18/h4-8H,2-3,9H2,1H3,(H,17,18)(H2,14,15,16,19). The number of carbonyl (C=O) groups excluding carboxylic acids is 1. The lowest BCUT2D eigenvalue weighted by Gasteiger charge is -2.06. The summed E-state index contributed by atoms with van der Waals surface area (Å²) >= 11 is 0. The minimum atomic E-state index is -1.04. The molecule has 0 fully saturated rings. The van der Waals surface area contributed by atoms with Crippen LogP contribution in [0.4, 0.5) is 10.6 Å². The quantitative estimate of drug-likeness (QED) is 0.541. The molecule has 3 N–H and O–H groups in total. The van der Waals surface area contributed by atoms with Crippen LogP contribution < -0.4 is 10.6 Å². The van der Waals surface area contributed by atoms with E-state index in [1.54, 1.807) is 18.2 Å². The smallest absolute Gasteiger partial charge is 0.328 e. The summed E-state index contributed by atoms with van der Waals surface area (Å²) in [4.78, 5) is 26.0. The Morgan fingerprint density at radius 2 is 2.21 bits per heavy atom. The highest BCUT2D eigenvalue weighted by Gasteiger charge is 2.02. The lowest BCUT2D eigenvalue weighted by molar-refractivity contribution is -0.131. The van der Waals surface area contributed by atoms with Gasteiger partial charge in [0.2, 0.25) is 0 Å². The molecule has 0 saturated carbocycles. The maximum atomic E-state index is 11.5. The highest BCUT2D eigenvalue weighted by molar-refractivity contribution is 5.88. The summed E-state index contributed by atoms with van der Waals surface area (Å²) in [6, 6.07) is 4.66. The van der Waals surface area contributed by atoms with E-state index in [1.165, 1.54) is 6.08 Å². The summed E-state index contributed by atoms with van der Waals surface area (Å²) in [7, 11) is 0. The normalized spacial score (nSPS) is 10.4. The monoisotopic (exact) mass is 263 g/mol. The largest absolute Gasteiger partial charge is 0.478 e. The van der Waals surface area contributed by atoms with Gasteiger partial charge in [-0.3, -0.25) is 5.32 Å². The zero-order valence-electron chi connectivity index (χ0n) is 10.7. The van der Waals surface area contributed by atoms with E-state index >= 15 is 0 Å². The highest BCUT2D eigenvalue weighted by Crippen LogP contribution is 2.06. The van der Waals surface area contributed by atoms with Crippen LogP contribution in [0.3, 0.4) is 0 Å². The van der Waals surface area contributed by atoms with Crippen LogP contribution in [-0.2, 0) is 4.79 Å². The summed E-state index contributed by atoms with van der Waals surface area (Å²) in [6.07, 6.45) is 4.28. The number of anilines is 1. The minimum Gasteiger partial charge on any atom is -0.478 e. The van der Waals surface area contributed by atoms with Gasteiger partial charge in [-0.05, 0) is 24.6 Å². The first-order valence-corrected chi connectivity index (χ1v) is 6.04. The molecule has 0 aliphatic carbocycles. The fourth-order valence-electron chi connectivity index (χ4n) is 1.31. The van der Waals surface area contributed by atoms with Gasteiger partial charge in [0.1, 0.15) is 5.82 Å². The number of pyridine rings is 1. The summed E-state index contributed by atoms with van der Waals surface area (Å²) in [5.41, 5.74) is 0.466. The number of carboxylic acids is 1. The molecule has 102 valence electrons. The van der Waals surface area contributed by atoms with Crippen molar-refractivity contribution in [3.63, 3.8) is 0 Å². The maximum absolute atomic E-state index is 11.5. The Labute approximate surface area is 111 Å². The molecule has 0 unspecified atom stereocenters. The molecule has 0 saturated heterocycles. The van der Waals surface area contributed by atoms with Crippen LogP contribution in [-0.4, -0.2) is 28.6 Å². The Kier molecular flexibility index (Phi) is 6.08. The van der Waals surface area contributed by atoms with Crippen molar-refractivity contribution >= 4 is 23.9 Å². The van der Waals surface area contributed by atoms with E-state index < -0.39 is 5.97 Å². The summed E-state index contributed by atoms with van der Waals surface area (Å²) in [6.45, 7) is 2.65. The van der Waals surface area contributed by atoms with Gasteiger partial charge in [-0.25, -0.2) is 14.6 Å². The molecule has 0 aliphatic heterocycles. The van der Waals surface area contributed by atoms with Crippen molar-refractivity contribution < 1.29 is 14.7 Å². The predicted molar refractivity (Wildman–Crippen MR) is 72.8 cm³/mol. The molecule has 6 heteroatoms. The number of aromatic nitrogens is 1. The zero-order valence-corrected chi connectivity index (χ0v) is 10.7. The number of nitrogens with zero attached hydrogens (tertiary/aromatic N) is 1. The number of aliphatic carboxylic acids is 1. The second kappa shape index (κ2) is 7.86. The van der Waals surface area contributed by atoms with Gasteiger partial charge in [0, 0.05) is 12.6 Å². The van der Waals surface area contributed by atoms with Crippen molar-refractivity contribution in [1.29, 1.82) is 0 Å². The van der Waals surface area contributed by atoms with Crippen molar-refractivity contribution in [2.24, 2.45) is 0 Å². The number of carboxylic acid groups (broad SMARTS) is 1. The molecule has 0 atom stereocenters. The molecule has 6 nitrogen and oxygen atoms in total. The molecule has 2 amide bonds. The molecule has 0 aliphatic rings. The number of unbranched alkanes of at least 4 members (excludes halogenated alkanes) is 1. The van der Waals surface area contributed by atoms with Crippen LogP contribution in [0.1, 0.15) is 25.5 Å². The molecule has 0 radical (unpaired) electrons. The van der Waals surface area contributed by atoms with Crippen molar-refractivity contribution in [3.05, 3.63) is 30.0 Å². The van der Waals surface area contributed by atoms with Crippen LogP contribution >= 0.6 is 0 Å². The number of amides is 2. The number of nitrogens with one attached hydrogen (secondary N) is 2. The van der Waals surface area contributed by atoms with Crippen LogP contribution in [0.15, 0.2) is 24.3 Å². The third-order valence-corrected chi connectivity index (χ3v) is 2.22. The molecule has 0 bridgehead atoms. The third kappa shape index (κ3) is 6.21. The molecular weight excluding hydrogens is 246 g/mol. The van der Waals surface area contributed by atoms with E-state index in [9.17, 15) is 9.59 Å². The van der Waals surface area contributed by atoms with Gasteiger partial charge in [-0.15, -0.1) is 0 Å². The fourth-order valence-corrected chi connectivity index (χ4v) is 1.31. The fraction of sp³-hybridized carbons (Fsp3) is 0.308. The van der Waals surface area contributed by atoms with Gasteiger partial charge in [-0.2, -0.15) is 0 Å². The Bertz CT molecular complexity index is 472. The van der Waals surface area contributed by atoms with Gasteiger partial charge in [0.25, 0.3) is 0 Å². The Morgan fingerprint density at radius 1 is 1.42 bits per heavy atom. The van der Waals surface area contributed by atoms with Crippen LogP contribution in [0.5, 0.6) is 0 Å². The van der Waals surface area contributed by atoms with Crippen molar-refractivity contribution in [2.45, 2.75) is 19.8 Å². The topological polar surface area (TPSA) is 91.3 Å². The first-order chi connectivity index (χ1) is 9.11. The summed E-state index contributed by atoms with van der Waals surface area (Å²) in [5, 5.41) is 13.8. The summed E-state index contributed by atoms with van der Waals surface area (Å²) < 4.78 is 0. The van der Waals surface area contributed by atoms with E-state index in [0.717, 1.165) is 18.9 Å². The van der Waals surface area contributed by atoms with E-state index in [-0.39, 0.29) is 6.03 Å². The highest BCUT2D eigenvalue weighted by atomic mass is 16.4. The zero-order chi connectivity index (χ0) is 14.1. The summed E-state index contributed by atoms with van der Waals surface area (Å²) in [5.74, 6) is -0.668. The molecule has 1 aromatic heterocycles. The van der Waals surface area contributed by atoms with Crippen LogP contribution in [0.25, 0.3) is 6.08 Å². The van der Waals surface area contributed by atoms with E-state index in [0.29, 0.717) is 18.1 Å². The Balaban J connectivity index is 2.56. The molecule has 19 heavy (non-hydrogen) atoms. The minimum absolute atomic E-state index is 0.319. The lowest BCUT2D eigenvalue weighted by Crippen LogP contribution is -2.29. The first-order valence-electron chi connectivity index (χ1n) is 6.04. The van der Waals surface area contributed by atoms with Crippen LogP contribution in [0.2, 0.25) is 0 Å². The van der Waals surface area contributed by atoms with E-state index in [2.05, 4.69) is 15.6 Å². The Morgan fingerprint density at radius 3 is 2.89 bits per heavy atom. The van der Waals surface area contributed by atoms with Gasteiger partial charge in [0.15, 0.2) is 0 Å². The van der Waals surface area contributed by atoms with Gasteiger partial charge in [-0.1, -0.05) is 19.4 Å². The second-order valence-corrected chi connectivity index (χ2v) is 3.85. The van der Waals surface area contributed by atoms with Crippen molar-refractivity contribution in [2.75, 3.05) is 11.9 Å². The molecule has 0 spiro atoms. The number of carbonyl (C=O) groups is 2. The second-order valence-electron chi connectivity index (χ2n) is 3.85. The molecular formula is C13H17N3O3. The first kappa shape index (κ1) is 14.7. The molecule has 1 heterocycles. The van der Waals surface area contributed by atoms with E-state index in [1.807, 2.05) is 6.92 Å². The maximum Gasteiger partial charge on any atom is 0.328 e. The predicted octanol–water partition coefficient (Wildman–Crippen LogP) is 2.10. The third-order valence-electron chi connectivity index (χ3n) is 2.22. The average Bonchev–Trinajstić information content (AvgIpc) is 2.37.